The molecule has 0 aliphatic rings. The van der Waals surface area contributed by atoms with E-state index in [9.17, 15) is 0 Å². The van der Waals surface area contributed by atoms with Crippen LogP contribution in [0.3, 0.4) is 0 Å². The van der Waals surface area contributed by atoms with Gasteiger partial charge in [-0.1, -0.05) is 169 Å². The molecule has 5 heteroatoms. The molecular weight excluding hydrogens is 721 g/mol. The van der Waals surface area contributed by atoms with Crippen molar-refractivity contribution in [2.75, 3.05) is 0 Å². The van der Waals surface area contributed by atoms with E-state index in [0.717, 1.165) is 88.3 Å². The predicted octanol–water partition coefficient (Wildman–Crippen LogP) is 14.1. The molecule has 0 atom stereocenters. The normalized spacial score (nSPS) is 11.6. The van der Waals surface area contributed by atoms with E-state index < -0.39 is 0 Å². The van der Waals surface area contributed by atoms with Gasteiger partial charge in [-0.25, -0.2) is 19.9 Å². The van der Waals surface area contributed by atoms with Crippen molar-refractivity contribution in [3.63, 3.8) is 0 Å². The molecule has 0 aliphatic heterocycles. The Morgan fingerprint density at radius 2 is 0.864 bits per heavy atom. The molecular formula is C54H36N4O. The van der Waals surface area contributed by atoms with Crippen LogP contribution in [-0.2, 0) is 0 Å². The first-order valence-corrected chi connectivity index (χ1v) is 19.9. The number of hydrogen-bond acceptors (Lipinski definition) is 5. The van der Waals surface area contributed by atoms with Crippen LogP contribution in [0.2, 0.25) is 0 Å². The van der Waals surface area contributed by atoms with Crippen molar-refractivity contribution in [1.29, 1.82) is 0 Å². The topological polar surface area (TPSA) is 64.7 Å². The highest BCUT2D eigenvalue weighted by Crippen LogP contribution is 2.47. The quantitative estimate of drug-likeness (QED) is 0.158. The highest BCUT2D eigenvalue weighted by atomic mass is 16.3. The summed E-state index contributed by atoms with van der Waals surface area (Å²) in [5, 5.41) is 5.33. The van der Waals surface area contributed by atoms with Gasteiger partial charge in [0.05, 0.1) is 11.2 Å². The fraction of sp³-hybridized carbons (Fsp3) is 0.0370. The molecule has 11 aromatic rings. The number of hydrogen-bond donors (Lipinski definition) is 0. The van der Waals surface area contributed by atoms with E-state index in [1.807, 2.05) is 18.2 Å². The molecule has 278 valence electrons. The van der Waals surface area contributed by atoms with Crippen molar-refractivity contribution in [1.82, 2.24) is 19.9 Å². The standard InChI is InChI=1S/C54H36N4O/c1-33-19-23-38(24-20-33)52-56-53(39-25-21-34(2)22-26-39)58-54(57-52)41-14-10-13-40(31-41)48-49-42-15-6-8-17-45(42)55-51(37-29-27-36(28-30-37)35-11-4-3-5-12-35)44(49)32-47-50(48)43-16-7-9-18-46(43)59-47/h3-32H,1-2H3. The van der Waals surface area contributed by atoms with Crippen molar-refractivity contribution >= 4 is 43.6 Å². The molecule has 0 spiro atoms. The first-order chi connectivity index (χ1) is 29.0. The highest BCUT2D eigenvalue weighted by molar-refractivity contribution is 6.27. The van der Waals surface area contributed by atoms with Gasteiger partial charge < -0.3 is 4.42 Å². The molecule has 59 heavy (non-hydrogen) atoms. The Hall–Kier alpha value is -7.76. The molecule has 0 unspecified atom stereocenters. The number of nitrogens with zero attached hydrogens (tertiary/aromatic N) is 4. The molecule has 3 heterocycles. The van der Waals surface area contributed by atoms with Crippen LogP contribution in [-0.4, -0.2) is 19.9 Å². The lowest BCUT2D eigenvalue weighted by atomic mass is 9.89. The molecule has 0 amide bonds. The third-order valence-corrected chi connectivity index (χ3v) is 11.3. The molecule has 0 aliphatic carbocycles. The maximum absolute atomic E-state index is 6.70. The number of para-hydroxylation sites is 2. The van der Waals surface area contributed by atoms with Crippen molar-refractivity contribution in [2.24, 2.45) is 0 Å². The van der Waals surface area contributed by atoms with Crippen LogP contribution in [0.25, 0.3) is 111 Å². The first kappa shape index (κ1) is 34.5. The molecule has 0 saturated carbocycles. The maximum atomic E-state index is 6.70. The molecule has 0 fully saturated rings. The molecule has 11 rings (SSSR count). The minimum absolute atomic E-state index is 0.604. The summed E-state index contributed by atoms with van der Waals surface area (Å²) in [7, 11) is 0. The summed E-state index contributed by atoms with van der Waals surface area (Å²) >= 11 is 0. The van der Waals surface area contributed by atoms with Crippen LogP contribution in [0.5, 0.6) is 0 Å². The third-order valence-electron chi connectivity index (χ3n) is 11.3. The SMILES string of the molecule is Cc1ccc(-c2nc(-c3ccc(C)cc3)nc(-c3cccc(-c4c5c(cc6c(-c7ccc(-c8ccccc8)cc7)nc7ccccc7c46)oc4ccccc45)c3)n2)cc1. The molecule has 0 N–H and O–H groups in total. The summed E-state index contributed by atoms with van der Waals surface area (Å²) in [6.07, 6.45) is 0. The second-order valence-corrected chi connectivity index (χ2v) is 15.2. The van der Waals surface area contributed by atoms with Crippen LogP contribution in [0.15, 0.2) is 186 Å². The minimum atomic E-state index is 0.604. The monoisotopic (exact) mass is 756 g/mol. The van der Waals surface area contributed by atoms with Gasteiger partial charge in [0, 0.05) is 54.7 Å². The van der Waals surface area contributed by atoms with Gasteiger partial charge in [0.15, 0.2) is 17.5 Å². The lowest BCUT2D eigenvalue weighted by molar-refractivity contribution is 0.669. The number of fused-ring (bicyclic) bond motifs is 6. The first-order valence-electron chi connectivity index (χ1n) is 19.9. The second-order valence-electron chi connectivity index (χ2n) is 15.2. The van der Waals surface area contributed by atoms with Gasteiger partial charge >= 0.3 is 0 Å². The van der Waals surface area contributed by atoms with Crippen molar-refractivity contribution in [3.8, 4) is 67.7 Å². The van der Waals surface area contributed by atoms with Crippen molar-refractivity contribution < 1.29 is 4.42 Å². The summed E-state index contributed by atoms with van der Waals surface area (Å²) in [6.45, 7) is 4.17. The molecule has 0 radical (unpaired) electrons. The van der Waals surface area contributed by atoms with Gasteiger partial charge in [-0.3, -0.25) is 0 Å². The summed E-state index contributed by atoms with van der Waals surface area (Å²) in [5.41, 5.74) is 14.1. The Balaban J connectivity index is 1.17. The summed E-state index contributed by atoms with van der Waals surface area (Å²) in [6, 6.07) is 63.4. The average molecular weight is 757 g/mol. The summed E-state index contributed by atoms with van der Waals surface area (Å²) in [5.74, 6) is 1.86. The number of furan rings is 1. The van der Waals surface area contributed by atoms with Crippen LogP contribution in [0, 0.1) is 13.8 Å². The van der Waals surface area contributed by atoms with Gasteiger partial charge in [-0.05, 0) is 54.8 Å². The zero-order valence-electron chi connectivity index (χ0n) is 32.5. The van der Waals surface area contributed by atoms with Crippen molar-refractivity contribution in [3.05, 3.63) is 193 Å². The van der Waals surface area contributed by atoms with E-state index in [-0.39, 0.29) is 0 Å². The van der Waals surface area contributed by atoms with Gasteiger partial charge in [0.2, 0.25) is 0 Å². The molecule has 0 bridgehead atoms. The van der Waals surface area contributed by atoms with Crippen LogP contribution in [0.4, 0.5) is 0 Å². The number of rotatable bonds is 6. The molecule has 0 saturated heterocycles. The molecule has 8 aromatic carbocycles. The smallest absolute Gasteiger partial charge is 0.164 e. The Bertz CT molecular complexity index is 3310. The van der Waals surface area contributed by atoms with Gasteiger partial charge in [0.25, 0.3) is 0 Å². The van der Waals surface area contributed by atoms with Crippen molar-refractivity contribution in [2.45, 2.75) is 13.8 Å². The van der Waals surface area contributed by atoms with Gasteiger partial charge in [-0.2, -0.15) is 0 Å². The van der Waals surface area contributed by atoms with E-state index in [2.05, 4.69) is 178 Å². The van der Waals surface area contributed by atoms with E-state index in [1.54, 1.807) is 0 Å². The third kappa shape index (κ3) is 6.12. The lowest BCUT2D eigenvalue weighted by Crippen LogP contribution is -2.00. The Kier molecular flexibility index (Phi) is 8.19. The fourth-order valence-corrected chi connectivity index (χ4v) is 8.26. The number of pyridine rings is 1. The zero-order valence-corrected chi connectivity index (χ0v) is 32.5. The second kappa shape index (κ2) is 14.0. The number of aromatic nitrogens is 4. The fourth-order valence-electron chi connectivity index (χ4n) is 8.26. The number of aryl methyl sites for hydroxylation is 2. The van der Waals surface area contributed by atoms with Gasteiger partial charge in [0.1, 0.15) is 11.2 Å². The zero-order chi connectivity index (χ0) is 39.5. The van der Waals surface area contributed by atoms with Gasteiger partial charge in [-0.15, -0.1) is 0 Å². The minimum Gasteiger partial charge on any atom is -0.456 e. The highest BCUT2D eigenvalue weighted by Gasteiger charge is 2.22. The van der Waals surface area contributed by atoms with E-state index in [0.29, 0.717) is 17.5 Å². The van der Waals surface area contributed by atoms with Crippen LogP contribution in [0.1, 0.15) is 11.1 Å². The summed E-state index contributed by atoms with van der Waals surface area (Å²) in [4.78, 5) is 20.6. The van der Waals surface area contributed by atoms with E-state index in [4.69, 9.17) is 24.4 Å². The van der Waals surface area contributed by atoms with Crippen LogP contribution < -0.4 is 0 Å². The lowest BCUT2D eigenvalue weighted by Gasteiger charge is -2.16. The molecule has 5 nitrogen and oxygen atoms in total. The largest absolute Gasteiger partial charge is 0.456 e. The average Bonchev–Trinajstić information content (AvgIpc) is 3.67. The van der Waals surface area contributed by atoms with E-state index in [1.165, 1.54) is 16.7 Å². The summed E-state index contributed by atoms with van der Waals surface area (Å²) < 4.78 is 6.70. The Morgan fingerprint density at radius 1 is 0.339 bits per heavy atom. The Labute approximate surface area is 341 Å². The predicted molar refractivity (Wildman–Crippen MR) is 242 cm³/mol. The number of benzene rings is 8. The van der Waals surface area contributed by atoms with E-state index >= 15 is 0 Å². The van der Waals surface area contributed by atoms with Crippen LogP contribution >= 0.6 is 0 Å². The Morgan fingerprint density at radius 3 is 1.56 bits per heavy atom. The maximum Gasteiger partial charge on any atom is 0.164 e. The molecule has 3 aromatic heterocycles.